The summed E-state index contributed by atoms with van der Waals surface area (Å²) in [6, 6.07) is 0.255. The quantitative estimate of drug-likeness (QED) is 0.703. The molecule has 2 rings (SSSR count). The first-order chi connectivity index (χ1) is 10.3. The molecule has 0 aliphatic carbocycles. The lowest BCUT2D eigenvalue weighted by Crippen LogP contribution is -2.47. The van der Waals surface area contributed by atoms with Crippen molar-refractivity contribution in [1.29, 1.82) is 0 Å². The highest BCUT2D eigenvalue weighted by Gasteiger charge is 2.42. The number of carbonyl (C=O) groups is 1. The number of carbonyl (C=O) groups excluding carboxylic acids is 1. The molecular formula is C14H14ClF6NO2. The maximum absolute atomic E-state index is 12.9. The summed E-state index contributed by atoms with van der Waals surface area (Å²) >= 11 is 0. The smallest absolute Gasteiger partial charge is 0.416 e. The van der Waals surface area contributed by atoms with Crippen LogP contribution in [0.4, 0.5) is 31.1 Å². The molecule has 10 heteroatoms. The maximum atomic E-state index is 12.9. The van der Waals surface area contributed by atoms with E-state index >= 15 is 0 Å². The van der Waals surface area contributed by atoms with Gasteiger partial charge in [-0.05, 0) is 23.8 Å². The molecule has 1 aliphatic heterocycles. The van der Waals surface area contributed by atoms with Gasteiger partial charge < -0.3 is 10.1 Å². The fourth-order valence-corrected chi connectivity index (χ4v) is 2.37. The molecular weight excluding hydrogens is 364 g/mol. The van der Waals surface area contributed by atoms with Crippen LogP contribution in [0.25, 0.3) is 0 Å². The summed E-state index contributed by atoms with van der Waals surface area (Å²) < 4.78 is 82.1. The number of rotatable bonds is 1. The fourth-order valence-electron chi connectivity index (χ4n) is 2.37. The minimum absolute atomic E-state index is 0. The van der Waals surface area contributed by atoms with Crippen LogP contribution in [0.3, 0.4) is 0 Å². The van der Waals surface area contributed by atoms with Crippen LogP contribution in [0.1, 0.15) is 36.6 Å². The lowest BCUT2D eigenvalue weighted by atomic mass is 9.79. The van der Waals surface area contributed by atoms with Crippen molar-refractivity contribution in [2.75, 3.05) is 6.61 Å². The van der Waals surface area contributed by atoms with Crippen LogP contribution in [0.5, 0.6) is 0 Å². The van der Waals surface area contributed by atoms with Crippen LogP contribution in [0, 0.1) is 5.41 Å². The number of alkyl halides is 6. The van der Waals surface area contributed by atoms with Gasteiger partial charge in [-0.15, -0.1) is 12.4 Å². The van der Waals surface area contributed by atoms with Gasteiger partial charge in [0.05, 0.1) is 17.2 Å². The van der Waals surface area contributed by atoms with Crippen LogP contribution in [-0.2, 0) is 17.1 Å². The Kier molecular flexibility index (Phi) is 5.39. The van der Waals surface area contributed by atoms with Gasteiger partial charge in [-0.25, -0.2) is 4.79 Å². The van der Waals surface area contributed by atoms with E-state index in [1.165, 1.54) is 0 Å². The average molecular weight is 378 g/mol. The number of ether oxygens (including phenoxy) is 1. The van der Waals surface area contributed by atoms with E-state index in [0.29, 0.717) is 12.1 Å². The second kappa shape index (κ2) is 6.34. The van der Waals surface area contributed by atoms with Gasteiger partial charge in [0, 0.05) is 5.41 Å². The monoisotopic (exact) mass is 377 g/mol. The average Bonchev–Trinajstić information content (AvgIpc) is 2.39. The maximum Gasteiger partial charge on any atom is 0.416 e. The zero-order valence-electron chi connectivity index (χ0n) is 12.5. The molecule has 1 aromatic rings. The van der Waals surface area contributed by atoms with E-state index in [2.05, 4.69) is 5.32 Å². The summed E-state index contributed by atoms with van der Waals surface area (Å²) in [4.78, 5) is 11.3. The molecule has 0 bridgehead atoms. The molecule has 0 saturated carbocycles. The summed E-state index contributed by atoms with van der Waals surface area (Å²) in [5.41, 5.74) is -3.98. The van der Waals surface area contributed by atoms with Crippen molar-refractivity contribution in [3.63, 3.8) is 0 Å². The minimum atomic E-state index is -4.94. The fraction of sp³-hybridized carbons (Fsp3) is 0.500. The van der Waals surface area contributed by atoms with Gasteiger partial charge in [0.1, 0.15) is 6.61 Å². The van der Waals surface area contributed by atoms with E-state index in [1.807, 2.05) is 0 Å². The Hall–Kier alpha value is -1.64. The molecule has 1 atom stereocenters. The highest BCUT2D eigenvalue weighted by molar-refractivity contribution is 5.85. The standard InChI is InChI=1S/C14H13F6NO2.ClH/c1-12(2)6-23-11(22)21-10(12)7-3-8(13(15,16)17)5-9(4-7)14(18,19)20;/h3-5,10H,6H2,1-2H3,(H,21,22);1H/t10-;/m1./s1. The number of cyclic esters (lactones) is 1. The van der Waals surface area contributed by atoms with E-state index < -0.39 is 41.0 Å². The van der Waals surface area contributed by atoms with E-state index in [4.69, 9.17) is 4.74 Å². The number of hydrogen-bond donors (Lipinski definition) is 1. The van der Waals surface area contributed by atoms with Crippen LogP contribution in [-0.4, -0.2) is 12.7 Å². The van der Waals surface area contributed by atoms with Crippen molar-refractivity contribution < 1.29 is 35.9 Å². The minimum Gasteiger partial charge on any atom is -0.449 e. The largest absolute Gasteiger partial charge is 0.449 e. The predicted octanol–water partition coefficient (Wildman–Crippen LogP) is 4.95. The Labute approximate surface area is 139 Å². The van der Waals surface area contributed by atoms with E-state index in [-0.39, 0.29) is 30.6 Å². The van der Waals surface area contributed by atoms with Gasteiger partial charge >= 0.3 is 18.4 Å². The number of halogens is 7. The lowest BCUT2D eigenvalue weighted by Gasteiger charge is -2.39. The third kappa shape index (κ3) is 4.25. The SMILES string of the molecule is CC1(C)COC(=O)N[C@@H]1c1cc(C(F)(F)F)cc(C(F)(F)F)c1.Cl. The zero-order chi connectivity index (χ0) is 17.6. The van der Waals surface area contributed by atoms with Gasteiger partial charge in [0.15, 0.2) is 0 Å². The molecule has 1 saturated heterocycles. The Balaban J connectivity index is 0.00000288. The number of amides is 1. The molecule has 1 aromatic carbocycles. The number of hydrogen-bond acceptors (Lipinski definition) is 2. The van der Waals surface area contributed by atoms with Crippen molar-refractivity contribution >= 4 is 18.5 Å². The second-order valence-electron chi connectivity index (χ2n) is 5.98. The Bertz CT molecular complexity index is 594. The summed E-state index contributed by atoms with van der Waals surface area (Å²) in [6.07, 6.45) is -10.8. The molecule has 1 amide bonds. The summed E-state index contributed by atoms with van der Waals surface area (Å²) in [7, 11) is 0. The summed E-state index contributed by atoms with van der Waals surface area (Å²) in [6.45, 7) is 3.02. The van der Waals surface area contributed by atoms with Crippen LogP contribution < -0.4 is 5.32 Å². The van der Waals surface area contributed by atoms with Crippen LogP contribution in [0.15, 0.2) is 18.2 Å². The number of benzene rings is 1. The van der Waals surface area contributed by atoms with Crippen molar-refractivity contribution in [3.05, 3.63) is 34.9 Å². The van der Waals surface area contributed by atoms with E-state index in [0.717, 1.165) is 0 Å². The molecule has 1 aliphatic rings. The van der Waals surface area contributed by atoms with Gasteiger partial charge in [-0.2, -0.15) is 26.3 Å². The Morgan fingerprint density at radius 1 is 1.04 bits per heavy atom. The molecule has 0 spiro atoms. The molecule has 1 N–H and O–H groups in total. The first kappa shape index (κ1) is 20.4. The molecule has 1 fully saturated rings. The molecule has 136 valence electrons. The van der Waals surface area contributed by atoms with Gasteiger partial charge in [0.2, 0.25) is 0 Å². The Morgan fingerprint density at radius 3 is 1.92 bits per heavy atom. The number of nitrogens with one attached hydrogen (secondary N) is 1. The predicted molar refractivity (Wildman–Crippen MR) is 74.7 cm³/mol. The first-order valence-corrected chi connectivity index (χ1v) is 6.53. The van der Waals surface area contributed by atoms with Crippen molar-refractivity contribution in [2.45, 2.75) is 32.2 Å². The van der Waals surface area contributed by atoms with E-state index in [1.54, 1.807) is 13.8 Å². The van der Waals surface area contributed by atoms with Gasteiger partial charge in [-0.1, -0.05) is 13.8 Å². The third-order valence-corrected chi connectivity index (χ3v) is 3.56. The number of alkyl carbamates (subject to hydrolysis) is 1. The van der Waals surface area contributed by atoms with Crippen molar-refractivity contribution in [2.24, 2.45) is 5.41 Å². The highest BCUT2D eigenvalue weighted by atomic mass is 35.5. The molecule has 3 nitrogen and oxygen atoms in total. The van der Waals surface area contributed by atoms with Crippen molar-refractivity contribution in [1.82, 2.24) is 5.32 Å². The lowest BCUT2D eigenvalue weighted by molar-refractivity contribution is -0.143. The van der Waals surface area contributed by atoms with Gasteiger partial charge in [0.25, 0.3) is 0 Å². The zero-order valence-corrected chi connectivity index (χ0v) is 13.3. The normalized spacial score (nSPS) is 20.7. The Morgan fingerprint density at radius 2 is 1.50 bits per heavy atom. The first-order valence-electron chi connectivity index (χ1n) is 6.53. The second-order valence-corrected chi connectivity index (χ2v) is 5.98. The summed E-state index contributed by atoms with van der Waals surface area (Å²) in [5, 5.41) is 2.28. The molecule has 1 heterocycles. The molecule has 24 heavy (non-hydrogen) atoms. The van der Waals surface area contributed by atoms with Crippen LogP contribution in [0.2, 0.25) is 0 Å². The van der Waals surface area contributed by atoms with Crippen molar-refractivity contribution in [3.8, 4) is 0 Å². The van der Waals surface area contributed by atoms with Gasteiger partial charge in [-0.3, -0.25) is 0 Å². The topological polar surface area (TPSA) is 38.3 Å². The van der Waals surface area contributed by atoms with E-state index in [9.17, 15) is 31.1 Å². The summed E-state index contributed by atoms with van der Waals surface area (Å²) in [5.74, 6) is 0. The molecule has 0 unspecified atom stereocenters. The molecule has 0 radical (unpaired) electrons. The molecule has 0 aromatic heterocycles. The third-order valence-electron chi connectivity index (χ3n) is 3.56. The van der Waals surface area contributed by atoms with Crippen LogP contribution >= 0.6 is 12.4 Å². The highest BCUT2D eigenvalue weighted by Crippen LogP contribution is 2.42.